The Bertz CT molecular complexity index is 2920. The standard InChI is InChI=1S/C24H25N3O3.C24H21N3O3/c2*1-4-5-17-10-18-22-20(11-17)26(3)21(28)14-27(22)13-19(23(18)29)24(30)25-12-16-8-6-15(2)7-9-16/h6-11,13H,4-5,12,14H2,1-3H3,(H,25,30);6-11,13H,12,14H2,1-3H3,(H,25,30). The van der Waals surface area contributed by atoms with Gasteiger partial charge in [-0.3, -0.25) is 28.8 Å². The van der Waals surface area contributed by atoms with Crippen LogP contribution in [0.5, 0.6) is 0 Å². The number of carbonyl (C=O) groups is 4. The zero-order valence-corrected chi connectivity index (χ0v) is 34.6. The number of benzene rings is 4. The van der Waals surface area contributed by atoms with Gasteiger partial charge in [-0.05, 0) is 68.1 Å². The first kappa shape index (κ1) is 40.9. The highest BCUT2D eigenvalue weighted by molar-refractivity contribution is 6.09. The third-order valence-electron chi connectivity index (χ3n) is 10.9. The molecular formula is C48H46N6O6. The molecule has 0 bridgehead atoms. The van der Waals surface area contributed by atoms with Crippen LogP contribution in [0.3, 0.4) is 0 Å². The number of nitrogens with zero attached hydrogens (tertiary/aromatic N) is 4. The molecule has 12 heteroatoms. The van der Waals surface area contributed by atoms with Crippen LogP contribution < -0.4 is 31.3 Å². The summed E-state index contributed by atoms with van der Waals surface area (Å²) in [4.78, 5) is 80.2. The number of rotatable bonds is 8. The summed E-state index contributed by atoms with van der Waals surface area (Å²) < 4.78 is 3.41. The predicted molar refractivity (Wildman–Crippen MR) is 234 cm³/mol. The van der Waals surface area contributed by atoms with E-state index in [4.69, 9.17) is 0 Å². The predicted octanol–water partition coefficient (Wildman–Crippen LogP) is 5.76. The first-order valence-electron chi connectivity index (χ1n) is 19.8. The molecule has 0 radical (unpaired) electrons. The van der Waals surface area contributed by atoms with Gasteiger partial charge in [-0.1, -0.05) is 78.9 Å². The molecule has 2 N–H and O–H groups in total. The highest BCUT2D eigenvalue weighted by atomic mass is 16.2. The lowest BCUT2D eigenvalue weighted by Gasteiger charge is -2.28. The van der Waals surface area contributed by atoms with Crippen LogP contribution in [0, 0.1) is 25.7 Å². The molecule has 2 aliphatic heterocycles. The molecule has 4 heterocycles. The van der Waals surface area contributed by atoms with Crippen molar-refractivity contribution in [2.75, 3.05) is 23.9 Å². The zero-order valence-electron chi connectivity index (χ0n) is 34.6. The van der Waals surface area contributed by atoms with Gasteiger partial charge in [0.05, 0.1) is 22.4 Å². The van der Waals surface area contributed by atoms with E-state index in [9.17, 15) is 28.8 Å². The Balaban J connectivity index is 0.000000181. The highest BCUT2D eigenvalue weighted by Crippen LogP contribution is 2.32. The SMILES string of the molecule is CC#Cc1cc2c3c(c1)c(=O)c(C(=O)NCc1ccc(C)cc1)cn3CC(=O)N2C.CCCc1cc2c3c(c1)c(=O)c(C(=O)NCc1ccc(C)cc1)cn3CC(=O)N2C. The summed E-state index contributed by atoms with van der Waals surface area (Å²) in [5, 5.41) is 6.51. The largest absolute Gasteiger partial charge is 0.348 e. The second-order valence-corrected chi connectivity index (χ2v) is 15.3. The Morgan fingerprint density at radius 2 is 1.08 bits per heavy atom. The molecule has 6 aromatic rings. The van der Waals surface area contributed by atoms with Crippen LogP contribution in [-0.2, 0) is 42.2 Å². The summed E-state index contributed by atoms with van der Waals surface area (Å²) in [6, 6.07) is 23.0. The van der Waals surface area contributed by atoms with Gasteiger partial charge in [0.2, 0.25) is 22.7 Å². The second kappa shape index (κ2) is 16.9. The van der Waals surface area contributed by atoms with Crippen LogP contribution in [0.1, 0.15) is 74.4 Å². The Morgan fingerprint density at radius 3 is 1.53 bits per heavy atom. The molecule has 4 amide bonds. The van der Waals surface area contributed by atoms with Crippen molar-refractivity contribution in [3.63, 3.8) is 0 Å². The summed E-state index contributed by atoms with van der Waals surface area (Å²) in [5.41, 5.74) is 7.87. The van der Waals surface area contributed by atoms with E-state index in [1.165, 1.54) is 17.3 Å². The molecule has 8 rings (SSSR count). The van der Waals surface area contributed by atoms with Crippen molar-refractivity contribution in [1.29, 1.82) is 0 Å². The van der Waals surface area contributed by atoms with Gasteiger partial charge in [0.15, 0.2) is 0 Å². The van der Waals surface area contributed by atoms with Gasteiger partial charge < -0.3 is 29.6 Å². The number of anilines is 2. The lowest BCUT2D eigenvalue weighted by Crippen LogP contribution is -2.37. The number of hydrogen-bond donors (Lipinski definition) is 2. The molecule has 4 aromatic carbocycles. The van der Waals surface area contributed by atoms with Crippen molar-refractivity contribution in [3.05, 3.63) is 150 Å². The average molecular weight is 803 g/mol. The van der Waals surface area contributed by atoms with Crippen molar-refractivity contribution in [3.8, 4) is 11.8 Å². The van der Waals surface area contributed by atoms with Crippen molar-refractivity contribution in [2.24, 2.45) is 0 Å². The van der Waals surface area contributed by atoms with Gasteiger partial charge in [-0.25, -0.2) is 0 Å². The fourth-order valence-electron chi connectivity index (χ4n) is 7.57. The molecule has 60 heavy (non-hydrogen) atoms. The molecule has 0 aliphatic carbocycles. The zero-order chi connectivity index (χ0) is 42.8. The molecule has 304 valence electrons. The lowest BCUT2D eigenvalue weighted by molar-refractivity contribution is -0.119. The Morgan fingerprint density at radius 1 is 0.633 bits per heavy atom. The van der Waals surface area contributed by atoms with E-state index >= 15 is 0 Å². The normalized spacial score (nSPS) is 12.8. The minimum Gasteiger partial charge on any atom is -0.348 e. The number of amides is 4. The lowest BCUT2D eigenvalue weighted by atomic mass is 10.0. The number of hydrogen-bond acceptors (Lipinski definition) is 6. The molecule has 0 fully saturated rings. The molecule has 0 atom stereocenters. The maximum absolute atomic E-state index is 13.2. The van der Waals surface area contributed by atoms with Crippen LogP contribution in [0.25, 0.3) is 21.8 Å². The van der Waals surface area contributed by atoms with Gasteiger partial charge in [-0.2, -0.15) is 0 Å². The van der Waals surface area contributed by atoms with E-state index in [2.05, 4.69) is 29.4 Å². The van der Waals surface area contributed by atoms with Crippen molar-refractivity contribution < 1.29 is 19.2 Å². The van der Waals surface area contributed by atoms with E-state index in [-0.39, 0.29) is 46.9 Å². The first-order valence-corrected chi connectivity index (χ1v) is 19.8. The molecule has 12 nitrogen and oxygen atoms in total. The molecular weight excluding hydrogens is 757 g/mol. The molecule has 0 saturated carbocycles. The van der Waals surface area contributed by atoms with E-state index in [0.717, 1.165) is 46.3 Å². The molecule has 2 aliphatic rings. The van der Waals surface area contributed by atoms with Gasteiger partial charge in [-0.15, -0.1) is 5.92 Å². The average Bonchev–Trinajstić information content (AvgIpc) is 3.23. The van der Waals surface area contributed by atoms with Crippen LogP contribution in [0.15, 0.2) is 94.8 Å². The summed E-state index contributed by atoms with van der Waals surface area (Å²) >= 11 is 0. The third-order valence-corrected chi connectivity index (χ3v) is 10.9. The topological polar surface area (TPSA) is 143 Å². The highest BCUT2D eigenvalue weighted by Gasteiger charge is 2.28. The smallest absolute Gasteiger partial charge is 0.257 e. The number of nitrogens with one attached hydrogen (secondary N) is 2. The van der Waals surface area contributed by atoms with Crippen molar-refractivity contribution in [2.45, 2.75) is 66.7 Å². The number of aryl methyl sites for hydroxylation is 3. The second-order valence-electron chi connectivity index (χ2n) is 15.3. The fourth-order valence-corrected chi connectivity index (χ4v) is 7.57. The van der Waals surface area contributed by atoms with Crippen LogP contribution in [0.2, 0.25) is 0 Å². The van der Waals surface area contributed by atoms with Crippen molar-refractivity contribution in [1.82, 2.24) is 19.8 Å². The third kappa shape index (κ3) is 8.07. The maximum atomic E-state index is 13.2. The monoisotopic (exact) mass is 802 g/mol. The summed E-state index contributed by atoms with van der Waals surface area (Å²) in [6.45, 7) is 8.58. The minimum atomic E-state index is -0.467. The quantitative estimate of drug-likeness (QED) is 0.188. The van der Waals surface area contributed by atoms with E-state index < -0.39 is 11.8 Å². The Hall–Kier alpha value is -7.26. The number of carbonyl (C=O) groups excluding carboxylic acids is 4. The number of aromatic nitrogens is 2. The molecule has 2 aromatic heterocycles. The van der Waals surface area contributed by atoms with Gasteiger partial charge >= 0.3 is 0 Å². The van der Waals surface area contributed by atoms with Crippen LogP contribution >= 0.6 is 0 Å². The van der Waals surface area contributed by atoms with E-state index in [1.807, 2.05) is 74.5 Å². The molecule has 0 saturated heterocycles. The Labute approximate surface area is 347 Å². The fraction of sp³-hybridized carbons (Fsp3) is 0.250. The maximum Gasteiger partial charge on any atom is 0.257 e. The Kier molecular flexibility index (Phi) is 11.5. The minimum absolute atomic E-state index is 0.0134. The first-order chi connectivity index (χ1) is 28.8. The van der Waals surface area contributed by atoms with Crippen LogP contribution in [-0.4, -0.2) is 46.9 Å². The van der Waals surface area contributed by atoms with Gasteiger partial charge in [0.1, 0.15) is 24.2 Å². The summed E-state index contributed by atoms with van der Waals surface area (Å²) in [7, 11) is 3.40. The molecule has 0 spiro atoms. The van der Waals surface area contributed by atoms with Gasteiger partial charge in [0, 0.05) is 55.9 Å². The summed E-state index contributed by atoms with van der Waals surface area (Å²) in [6.07, 6.45) is 4.72. The van der Waals surface area contributed by atoms with Crippen molar-refractivity contribution >= 4 is 56.8 Å². The molecule has 0 unspecified atom stereocenters. The van der Waals surface area contributed by atoms with E-state index in [1.54, 1.807) is 47.2 Å². The van der Waals surface area contributed by atoms with Crippen LogP contribution in [0.4, 0.5) is 11.4 Å². The number of likely N-dealkylation sites (N-methyl/N-ethyl adjacent to an activating group) is 2. The van der Waals surface area contributed by atoms with Gasteiger partial charge in [0.25, 0.3) is 11.8 Å². The summed E-state index contributed by atoms with van der Waals surface area (Å²) in [5.74, 6) is 4.66. The van der Waals surface area contributed by atoms with E-state index in [0.29, 0.717) is 46.1 Å². The number of pyridine rings is 2.